The summed E-state index contributed by atoms with van der Waals surface area (Å²) in [5.41, 5.74) is 2.85. The Balaban J connectivity index is 0.906. The van der Waals surface area contributed by atoms with Crippen molar-refractivity contribution in [3.8, 4) is 0 Å². The number of fused-ring (bicyclic) bond motifs is 2. The van der Waals surface area contributed by atoms with Gasteiger partial charge in [0.2, 0.25) is 0 Å². The van der Waals surface area contributed by atoms with Crippen molar-refractivity contribution in [2.24, 2.45) is 0 Å². The first-order valence-corrected chi connectivity index (χ1v) is 23.0. The third-order valence-corrected chi connectivity index (χ3v) is 14.4. The van der Waals surface area contributed by atoms with Gasteiger partial charge < -0.3 is 15.0 Å². The molecule has 0 unspecified atom stereocenters. The molecule has 3 N–H and O–H groups in total. The summed E-state index contributed by atoms with van der Waals surface area (Å²) in [4.78, 5) is 40.5. The fourth-order valence-corrected chi connectivity index (χ4v) is 10.6. The van der Waals surface area contributed by atoms with Crippen LogP contribution in [0.15, 0.2) is 100 Å². The van der Waals surface area contributed by atoms with Gasteiger partial charge in [-0.15, -0.1) is 23.1 Å². The first kappa shape index (κ1) is 40.8. The van der Waals surface area contributed by atoms with Crippen molar-refractivity contribution in [1.29, 1.82) is 0 Å². The number of carbonyl (C=O) groups is 2. The number of hydrogen-bond acceptors (Lipinski definition) is 13. The van der Waals surface area contributed by atoms with E-state index in [-0.39, 0.29) is 29.1 Å². The first-order chi connectivity index (χ1) is 28.6. The maximum Gasteiger partial charge on any atom is 0.284 e. The van der Waals surface area contributed by atoms with Crippen LogP contribution in [0.2, 0.25) is 0 Å². The van der Waals surface area contributed by atoms with E-state index in [0.29, 0.717) is 64.5 Å². The highest BCUT2D eigenvalue weighted by Gasteiger charge is 2.27. The first-order valence-electron chi connectivity index (χ1n) is 18.9. The molecule has 2 aliphatic rings. The van der Waals surface area contributed by atoms with Gasteiger partial charge in [-0.3, -0.25) is 19.8 Å². The zero-order valence-corrected chi connectivity index (χ0v) is 34.8. The van der Waals surface area contributed by atoms with Crippen molar-refractivity contribution in [2.75, 3.05) is 60.7 Å². The molecule has 2 amide bonds. The molecule has 12 nitrogen and oxygen atoms in total. The number of benzene rings is 4. The number of nitrogens with one attached hydrogen (secondary N) is 3. The number of aromatic nitrogens is 2. The zero-order valence-electron chi connectivity index (χ0n) is 31.5. The number of nitrogens with zero attached hydrogens (tertiary/aromatic N) is 4. The number of hydrogen-bond donors (Lipinski definition) is 3. The van der Waals surface area contributed by atoms with Gasteiger partial charge in [0, 0.05) is 60.4 Å². The van der Waals surface area contributed by atoms with Crippen LogP contribution in [-0.4, -0.2) is 86.3 Å². The van der Waals surface area contributed by atoms with Crippen LogP contribution in [0.25, 0.3) is 10.2 Å². The minimum absolute atomic E-state index is 0.115. The Kier molecular flexibility index (Phi) is 12.5. The topological polar surface area (TPSA) is 146 Å². The van der Waals surface area contributed by atoms with Crippen molar-refractivity contribution in [1.82, 2.24) is 19.6 Å². The fraction of sp³-hybridized carbons (Fsp3) is 0.268. The van der Waals surface area contributed by atoms with E-state index >= 15 is 4.39 Å². The van der Waals surface area contributed by atoms with Crippen LogP contribution < -0.4 is 20.3 Å². The summed E-state index contributed by atoms with van der Waals surface area (Å²) >= 11 is 4.00. The lowest BCUT2D eigenvalue weighted by atomic mass is 9.94. The highest BCUT2D eigenvalue weighted by Crippen LogP contribution is 2.32. The van der Waals surface area contributed by atoms with Crippen molar-refractivity contribution < 1.29 is 31.5 Å². The molecule has 0 spiro atoms. The van der Waals surface area contributed by atoms with E-state index in [2.05, 4.69) is 25.5 Å². The third kappa shape index (κ3) is 9.91. The summed E-state index contributed by atoms with van der Waals surface area (Å²) in [5, 5.41) is 8.40. The molecule has 2 aromatic heterocycles. The summed E-state index contributed by atoms with van der Waals surface area (Å²) < 4.78 is 64.1. The molecule has 0 radical (unpaired) electrons. The Bertz CT molecular complexity index is 2590. The van der Waals surface area contributed by atoms with Gasteiger partial charge in [0.15, 0.2) is 10.3 Å². The summed E-state index contributed by atoms with van der Waals surface area (Å²) in [5.74, 6) is -1.80. The van der Waals surface area contributed by atoms with Crippen molar-refractivity contribution in [3.05, 3.63) is 124 Å². The van der Waals surface area contributed by atoms with Gasteiger partial charge in [0.05, 0.1) is 34.0 Å². The Labute approximate surface area is 352 Å². The van der Waals surface area contributed by atoms with Gasteiger partial charge in [0.25, 0.3) is 21.8 Å². The van der Waals surface area contributed by atoms with E-state index in [4.69, 9.17) is 4.74 Å². The summed E-state index contributed by atoms with van der Waals surface area (Å²) in [6, 6.07) is 23.1. The number of thioether (sulfide) groups is 1. The Hall–Kier alpha value is -4.98. The molecule has 59 heavy (non-hydrogen) atoms. The van der Waals surface area contributed by atoms with Crippen molar-refractivity contribution in [3.63, 3.8) is 0 Å². The zero-order chi connectivity index (χ0) is 40.9. The molecular formula is C41H39F2N7O5S4. The number of sulfonamides is 1. The van der Waals surface area contributed by atoms with Crippen LogP contribution in [0, 0.1) is 11.6 Å². The number of halogens is 2. The van der Waals surface area contributed by atoms with E-state index in [1.165, 1.54) is 52.3 Å². The lowest BCUT2D eigenvalue weighted by molar-refractivity contribution is 0.0370. The molecule has 0 aliphatic carbocycles. The van der Waals surface area contributed by atoms with E-state index < -0.39 is 26.6 Å². The van der Waals surface area contributed by atoms with E-state index in [1.807, 2.05) is 52.1 Å². The monoisotopic (exact) mass is 875 g/mol. The summed E-state index contributed by atoms with van der Waals surface area (Å²) in [6.45, 7) is 4.69. The van der Waals surface area contributed by atoms with Crippen LogP contribution in [0.3, 0.4) is 0 Å². The van der Waals surface area contributed by atoms with Crippen molar-refractivity contribution >= 4 is 82.4 Å². The number of ether oxygens (including phenoxy) is 1. The molecule has 1 saturated heterocycles. The largest absolute Gasteiger partial charge is 0.379 e. The highest BCUT2D eigenvalue weighted by molar-refractivity contribution is 7.99. The molecule has 2 aliphatic heterocycles. The standard InChI is InChI=1S/C41H39F2N7O5S4/c42-27-9-11-35-37(21-27)58-40(45-35)47-38(51)31-8-4-5-26-13-16-50(23-32(26)31)41-46-36(25-57-41)39(52)48-59(53,54)30-10-12-34(33(43)22-30)44-28(14-15-49-17-19-55-20-18-49)24-56-29-6-2-1-3-7-29/h1-12,21-22,25,28,44H,13-20,23-24H2,(H,48,52)(H,45,47,51)/t28-/m0/s1. The predicted molar refractivity (Wildman–Crippen MR) is 228 cm³/mol. The van der Waals surface area contributed by atoms with Crippen LogP contribution in [0.5, 0.6) is 0 Å². The van der Waals surface area contributed by atoms with Crippen molar-refractivity contribution in [2.45, 2.75) is 35.2 Å². The SMILES string of the molecule is O=C(NS(=O)(=O)c1ccc(N[C@@H](CCN2CCOCC2)CSc2ccccc2)c(F)c1)c1csc(N2CCc3cccc(C(=O)Nc4nc5ccc(F)cc5s4)c3C2)n1. The second kappa shape index (κ2) is 18.1. The molecule has 0 saturated carbocycles. The van der Waals surface area contributed by atoms with E-state index in [0.717, 1.165) is 48.1 Å². The Morgan fingerprint density at radius 1 is 0.932 bits per heavy atom. The van der Waals surface area contributed by atoms with Gasteiger partial charge in [-0.25, -0.2) is 31.9 Å². The molecule has 306 valence electrons. The third-order valence-electron chi connectivity index (χ3n) is 10.0. The number of carbonyl (C=O) groups excluding carboxylic acids is 2. The van der Waals surface area contributed by atoms with Gasteiger partial charge in [-0.1, -0.05) is 41.7 Å². The van der Waals surface area contributed by atoms with E-state index in [9.17, 15) is 22.4 Å². The van der Waals surface area contributed by atoms with Crippen LogP contribution >= 0.6 is 34.4 Å². The van der Waals surface area contributed by atoms with Crippen LogP contribution in [0.4, 0.5) is 24.7 Å². The minimum Gasteiger partial charge on any atom is -0.379 e. The van der Waals surface area contributed by atoms with Gasteiger partial charge >= 0.3 is 0 Å². The molecule has 4 aromatic carbocycles. The lowest BCUT2D eigenvalue weighted by Gasteiger charge is -2.29. The Morgan fingerprint density at radius 3 is 2.58 bits per heavy atom. The molecule has 6 aromatic rings. The molecule has 0 bridgehead atoms. The lowest BCUT2D eigenvalue weighted by Crippen LogP contribution is -2.39. The second-order valence-electron chi connectivity index (χ2n) is 14.0. The maximum atomic E-state index is 15.6. The van der Waals surface area contributed by atoms with Gasteiger partial charge in [-0.05, 0) is 78.6 Å². The number of morpholine rings is 1. The number of amides is 2. The Morgan fingerprint density at radius 2 is 1.76 bits per heavy atom. The highest BCUT2D eigenvalue weighted by atomic mass is 32.2. The predicted octanol–water partition coefficient (Wildman–Crippen LogP) is 7.26. The molecular weight excluding hydrogens is 837 g/mol. The second-order valence-corrected chi connectivity index (χ2v) is 18.6. The fourth-order valence-electron chi connectivity index (χ4n) is 6.89. The number of thiazole rings is 2. The van der Waals surface area contributed by atoms with E-state index in [1.54, 1.807) is 23.9 Å². The molecule has 1 fully saturated rings. The summed E-state index contributed by atoms with van der Waals surface area (Å²) in [6.07, 6.45) is 1.34. The molecule has 18 heteroatoms. The average Bonchev–Trinajstić information content (AvgIpc) is 3.90. The average molecular weight is 876 g/mol. The van der Waals surface area contributed by atoms with Gasteiger partial charge in [0.1, 0.15) is 17.3 Å². The minimum atomic E-state index is -4.46. The smallest absolute Gasteiger partial charge is 0.284 e. The quantitative estimate of drug-likeness (QED) is 0.0952. The van der Waals surface area contributed by atoms with Gasteiger partial charge in [-0.2, -0.15) is 0 Å². The molecule has 1 atom stereocenters. The molecule has 4 heterocycles. The van der Waals surface area contributed by atoms with Crippen LogP contribution in [-0.2, 0) is 27.7 Å². The normalized spacial score (nSPS) is 15.1. The van der Waals surface area contributed by atoms with Crippen LogP contribution in [0.1, 0.15) is 38.4 Å². The number of anilines is 3. The molecule has 8 rings (SSSR count). The maximum absolute atomic E-state index is 15.6. The number of rotatable bonds is 14. The summed E-state index contributed by atoms with van der Waals surface area (Å²) in [7, 11) is -4.46.